The van der Waals surface area contributed by atoms with Crippen molar-refractivity contribution in [1.29, 1.82) is 0 Å². The van der Waals surface area contributed by atoms with Gasteiger partial charge in [0.2, 0.25) is 5.43 Å². The second kappa shape index (κ2) is 6.19. The predicted octanol–water partition coefficient (Wildman–Crippen LogP) is 0.854. The van der Waals surface area contributed by atoms with E-state index in [0.717, 1.165) is 6.07 Å². The molecule has 27 heavy (non-hydrogen) atoms. The van der Waals surface area contributed by atoms with Gasteiger partial charge in [0, 0.05) is 46.2 Å². The van der Waals surface area contributed by atoms with E-state index in [2.05, 4.69) is 4.90 Å². The van der Waals surface area contributed by atoms with Crippen LogP contribution in [0.25, 0.3) is 10.9 Å². The molecule has 1 aromatic heterocycles. The SMILES string of the molecule is CN1CCN(c2c(F)cc3c(=O)c(C(=O)O)c4n(c3c2F)N(C)CC4)CC1. The van der Waals surface area contributed by atoms with Crippen molar-refractivity contribution in [3.05, 3.63) is 39.2 Å². The average Bonchev–Trinajstić information content (AvgIpc) is 2.97. The number of carbonyl (C=O) groups is 1. The van der Waals surface area contributed by atoms with Crippen LogP contribution in [0.3, 0.4) is 0 Å². The molecule has 1 fully saturated rings. The van der Waals surface area contributed by atoms with E-state index >= 15 is 4.39 Å². The van der Waals surface area contributed by atoms with Crippen molar-refractivity contribution in [3.8, 4) is 0 Å². The molecule has 0 saturated carbocycles. The molecular weight excluding hydrogens is 358 g/mol. The lowest BCUT2D eigenvalue weighted by molar-refractivity contribution is 0.0694. The highest BCUT2D eigenvalue weighted by Crippen LogP contribution is 2.32. The Hall–Kier alpha value is -2.68. The number of rotatable bonds is 2. The van der Waals surface area contributed by atoms with E-state index in [1.807, 2.05) is 7.05 Å². The van der Waals surface area contributed by atoms with Crippen LogP contribution in [0.4, 0.5) is 14.5 Å². The third kappa shape index (κ3) is 2.56. The normalized spacial score (nSPS) is 17.6. The Balaban J connectivity index is 2.04. The monoisotopic (exact) mass is 378 g/mol. The van der Waals surface area contributed by atoms with Gasteiger partial charge in [-0.1, -0.05) is 0 Å². The Morgan fingerprint density at radius 2 is 1.78 bits per heavy atom. The summed E-state index contributed by atoms with van der Waals surface area (Å²) in [7, 11) is 3.63. The third-order valence-electron chi connectivity index (χ3n) is 5.44. The van der Waals surface area contributed by atoms with Gasteiger partial charge < -0.3 is 19.9 Å². The molecule has 1 aromatic carbocycles. The van der Waals surface area contributed by atoms with Crippen molar-refractivity contribution in [2.75, 3.05) is 56.7 Å². The zero-order valence-electron chi connectivity index (χ0n) is 15.1. The second-order valence-electron chi connectivity index (χ2n) is 7.11. The number of pyridine rings is 1. The summed E-state index contributed by atoms with van der Waals surface area (Å²) >= 11 is 0. The van der Waals surface area contributed by atoms with Gasteiger partial charge in [0.15, 0.2) is 5.82 Å². The molecule has 2 aliphatic heterocycles. The minimum Gasteiger partial charge on any atom is -0.477 e. The van der Waals surface area contributed by atoms with Gasteiger partial charge in [0.25, 0.3) is 0 Å². The molecule has 0 atom stereocenters. The molecule has 0 bridgehead atoms. The molecule has 0 unspecified atom stereocenters. The minimum atomic E-state index is -1.38. The highest BCUT2D eigenvalue weighted by atomic mass is 19.1. The zero-order chi connectivity index (χ0) is 19.5. The van der Waals surface area contributed by atoms with Crippen molar-refractivity contribution in [2.45, 2.75) is 6.42 Å². The van der Waals surface area contributed by atoms with Crippen LogP contribution in [-0.2, 0) is 6.42 Å². The molecule has 1 saturated heterocycles. The first kappa shape index (κ1) is 17.7. The van der Waals surface area contributed by atoms with Gasteiger partial charge in [-0.05, 0) is 13.1 Å². The van der Waals surface area contributed by atoms with Gasteiger partial charge in [0.1, 0.15) is 22.6 Å². The van der Waals surface area contributed by atoms with Gasteiger partial charge in [0.05, 0.1) is 11.1 Å². The molecule has 2 aliphatic rings. The number of nitrogens with zero attached hydrogens (tertiary/aromatic N) is 4. The lowest BCUT2D eigenvalue weighted by Gasteiger charge is -2.34. The summed E-state index contributed by atoms with van der Waals surface area (Å²) in [6.07, 6.45) is 0.309. The van der Waals surface area contributed by atoms with Crippen molar-refractivity contribution < 1.29 is 18.7 Å². The fourth-order valence-electron chi connectivity index (χ4n) is 4.00. The molecule has 9 heteroatoms. The van der Waals surface area contributed by atoms with Crippen molar-refractivity contribution in [3.63, 3.8) is 0 Å². The third-order valence-corrected chi connectivity index (χ3v) is 5.44. The second-order valence-corrected chi connectivity index (χ2v) is 7.11. The summed E-state index contributed by atoms with van der Waals surface area (Å²) in [5, 5.41) is 10.9. The van der Waals surface area contributed by atoms with Gasteiger partial charge in [-0.25, -0.2) is 13.6 Å². The van der Waals surface area contributed by atoms with Crippen molar-refractivity contribution >= 4 is 22.6 Å². The lowest BCUT2D eigenvalue weighted by Crippen LogP contribution is -2.45. The molecule has 1 N–H and O–H groups in total. The number of halogens is 2. The van der Waals surface area contributed by atoms with Crippen LogP contribution in [0, 0.1) is 11.6 Å². The fraction of sp³-hybridized carbons (Fsp3) is 0.444. The standard InChI is InChI=1S/C18H20F2N4O3/c1-21-5-7-23(8-6-21)16-11(19)9-10-15(14(16)20)24-12(3-4-22(24)2)13(17(10)25)18(26)27/h9H,3-8H2,1-2H3,(H,26,27). The van der Waals surface area contributed by atoms with Gasteiger partial charge >= 0.3 is 5.97 Å². The molecule has 0 amide bonds. The smallest absolute Gasteiger partial charge is 0.341 e. The van der Waals surface area contributed by atoms with Crippen LogP contribution < -0.4 is 15.3 Å². The molecular formula is C18H20F2N4O3. The molecule has 0 radical (unpaired) electrons. The van der Waals surface area contributed by atoms with Crippen molar-refractivity contribution in [2.24, 2.45) is 0 Å². The number of hydrogen-bond acceptors (Lipinski definition) is 5. The summed E-state index contributed by atoms with van der Waals surface area (Å²) < 4.78 is 31.8. The largest absolute Gasteiger partial charge is 0.477 e. The van der Waals surface area contributed by atoms with Gasteiger partial charge in [-0.3, -0.25) is 9.47 Å². The molecule has 144 valence electrons. The first-order valence-corrected chi connectivity index (χ1v) is 8.79. The Morgan fingerprint density at radius 3 is 2.41 bits per heavy atom. The van der Waals surface area contributed by atoms with Crippen LogP contribution >= 0.6 is 0 Å². The molecule has 3 heterocycles. The maximum absolute atomic E-state index is 15.5. The van der Waals surface area contributed by atoms with Crippen LogP contribution in [0.15, 0.2) is 10.9 Å². The van der Waals surface area contributed by atoms with E-state index in [1.54, 1.807) is 17.0 Å². The summed E-state index contributed by atoms with van der Waals surface area (Å²) in [6, 6.07) is 0.972. The Bertz CT molecular complexity index is 1010. The van der Waals surface area contributed by atoms with E-state index in [-0.39, 0.29) is 22.3 Å². The lowest BCUT2D eigenvalue weighted by atomic mass is 10.0. The van der Waals surface area contributed by atoms with E-state index in [0.29, 0.717) is 39.1 Å². The maximum atomic E-state index is 15.5. The Morgan fingerprint density at radius 1 is 1.11 bits per heavy atom. The zero-order valence-corrected chi connectivity index (χ0v) is 15.1. The number of hydrogen-bond donors (Lipinski definition) is 1. The Labute approximate surface area is 154 Å². The van der Waals surface area contributed by atoms with E-state index in [4.69, 9.17) is 0 Å². The first-order valence-electron chi connectivity index (χ1n) is 8.79. The number of piperazine rings is 1. The summed E-state index contributed by atoms with van der Waals surface area (Å²) in [4.78, 5) is 28.0. The van der Waals surface area contributed by atoms with Crippen LogP contribution in [0.1, 0.15) is 16.1 Å². The first-order chi connectivity index (χ1) is 12.8. The summed E-state index contributed by atoms with van der Waals surface area (Å²) in [6.45, 7) is 2.73. The number of carboxylic acid groups (broad SMARTS) is 1. The molecule has 0 spiro atoms. The number of aromatic nitrogens is 1. The number of benzene rings is 1. The van der Waals surface area contributed by atoms with E-state index in [1.165, 1.54) is 4.68 Å². The number of anilines is 1. The van der Waals surface area contributed by atoms with Crippen LogP contribution in [0.2, 0.25) is 0 Å². The number of aromatic carboxylic acids is 1. The number of likely N-dealkylation sites (N-methyl/N-ethyl adjacent to an activating group) is 2. The molecule has 4 rings (SSSR count). The molecule has 2 aromatic rings. The average molecular weight is 378 g/mol. The topological polar surface area (TPSA) is 69.0 Å². The Kier molecular flexibility index (Phi) is 4.06. The molecule has 0 aliphatic carbocycles. The summed E-state index contributed by atoms with van der Waals surface area (Å²) in [5.74, 6) is -3.05. The maximum Gasteiger partial charge on any atom is 0.341 e. The highest BCUT2D eigenvalue weighted by molar-refractivity contribution is 5.95. The fourth-order valence-corrected chi connectivity index (χ4v) is 4.00. The van der Waals surface area contributed by atoms with Crippen molar-refractivity contribution in [1.82, 2.24) is 9.58 Å². The van der Waals surface area contributed by atoms with Gasteiger partial charge in [-0.2, -0.15) is 0 Å². The van der Waals surface area contributed by atoms with E-state index in [9.17, 15) is 19.1 Å². The van der Waals surface area contributed by atoms with E-state index < -0.39 is 28.6 Å². The quantitative estimate of drug-likeness (QED) is 0.836. The molecule has 7 nitrogen and oxygen atoms in total. The van der Waals surface area contributed by atoms with Crippen LogP contribution in [0.5, 0.6) is 0 Å². The minimum absolute atomic E-state index is 0.0599. The van der Waals surface area contributed by atoms with Crippen LogP contribution in [-0.4, -0.2) is 67.5 Å². The number of fused-ring (bicyclic) bond motifs is 3. The van der Waals surface area contributed by atoms with Gasteiger partial charge in [-0.15, -0.1) is 0 Å². The number of carboxylic acids is 1. The highest BCUT2D eigenvalue weighted by Gasteiger charge is 2.32. The summed E-state index contributed by atoms with van der Waals surface area (Å²) in [5.41, 5.74) is -1.24. The predicted molar refractivity (Wildman–Crippen MR) is 97.5 cm³/mol.